The molecule has 1 amide bonds. The van der Waals surface area contributed by atoms with Gasteiger partial charge in [0.15, 0.2) is 0 Å². The first-order valence-electron chi connectivity index (χ1n) is 7.53. The minimum absolute atomic E-state index is 0.109. The van der Waals surface area contributed by atoms with Gasteiger partial charge in [-0.05, 0) is 35.4 Å². The van der Waals surface area contributed by atoms with E-state index in [-0.39, 0.29) is 16.4 Å². The lowest BCUT2D eigenvalue weighted by Gasteiger charge is -2.12. The van der Waals surface area contributed by atoms with Crippen LogP contribution in [-0.2, 0) is 22.7 Å². The molecule has 0 aliphatic carbocycles. The summed E-state index contributed by atoms with van der Waals surface area (Å²) in [5.41, 5.74) is 2.96. The standard InChI is InChI=1S/C17H19BClNO5/c1-24-9-12-3-5-14(7-13(12)10-25-2)20-17(21)11-4-6-15(18(22)23)16(19)8-11/h3-8,22-23H,9-10H2,1-2H3,(H,20,21). The Kier molecular flexibility index (Phi) is 6.98. The molecular weight excluding hydrogens is 344 g/mol. The molecule has 3 N–H and O–H groups in total. The molecule has 0 spiro atoms. The molecule has 25 heavy (non-hydrogen) atoms. The van der Waals surface area contributed by atoms with E-state index in [2.05, 4.69) is 5.32 Å². The third-order valence-corrected chi connectivity index (χ3v) is 3.93. The van der Waals surface area contributed by atoms with Crippen LogP contribution in [0.5, 0.6) is 0 Å². The minimum Gasteiger partial charge on any atom is -0.423 e. The Hall–Kier alpha value is -1.90. The van der Waals surface area contributed by atoms with Gasteiger partial charge in [0.2, 0.25) is 0 Å². The predicted molar refractivity (Wildman–Crippen MR) is 97.1 cm³/mol. The van der Waals surface area contributed by atoms with Crippen molar-refractivity contribution in [2.75, 3.05) is 19.5 Å². The number of anilines is 1. The van der Waals surface area contributed by atoms with Crippen LogP contribution in [0.25, 0.3) is 0 Å². The van der Waals surface area contributed by atoms with Crippen molar-refractivity contribution >= 4 is 35.8 Å². The van der Waals surface area contributed by atoms with Crippen molar-refractivity contribution in [1.82, 2.24) is 0 Å². The highest BCUT2D eigenvalue weighted by molar-refractivity contribution is 6.62. The molecule has 2 rings (SSSR count). The molecule has 6 nitrogen and oxygen atoms in total. The van der Waals surface area contributed by atoms with E-state index >= 15 is 0 Å². The zero-order valence-electron chi connectivity index (χ0n) is 14.0. The van der Waals surface area contributed by atoms with Crippen molar-refractivity contribution in [3.63, 3.8) is 0 Å². The number of hydrogen-bond donors (Lipinski definition) is 3. The van der Waals surface area contributed by atoms with Gasteiger partial charge in [-0.15, -0.1) is 0 Å². The summed E-state index contributed by atoms with van der Waals surface area (Å²) in [5, 5.41) is 21.2. The molecule has 0 atom stereocenters. The first-order chi connectivity index (χ1) is 12.0. The van der Waals surface area contributed by atoms with Gasteiger partial charge in [-0.25, -0.2) is 0 Å². The molecule has 0 saturated heterocycles. The highest BCUT2D eigenvalue weighted by Crippen LogP contribution is 2.19. The van der Waals surface area contributed by atoms with E-state index in [0.29, 0.717) is 24.5 Å². The maximum atomic E-state index is 12.4. The number of carbonyl (C=O) groups excluding carboxylic acids is 1. The van der Waals surface area contributed by atoms with Gasteiger partial charge in [0, 0.05) is 36.0 Å². The first-order valence-corrected chi connectivity index (χ1v) is 7.90. The zero-order chi connectivity index (χ0) is 18.4. The monoisotopic (exact) mass is 363 g/mol. The van der Waals surface area contributed by atoms with Gasteiger partial charge in [-0.1, -0.05) is 23.7 Å². The highest BCUT2D eigenvalue weighted by Gasteiger charge is 2.17. The highest BCUT2D eigenvalue weighted by atomic mass is 35.5. The van der Waals surface area contributed by atoms with Crippen LogP contribution >= 0.6 is 11.6 Å². The van der Waals surface area contributed by atoms with Crippen LogP contribution in [0.4, 0.5) is 5.69 Å². The molecule has 0 unspecified atom stereocenters. The molecule has 0 bridgehead atoms. The van der Waals surface area contributed by atoms with Gasteiger partial charge in [0.1, 0.15) is 0 Å². The van der Waals surface area contributed by atoms with Gasteiger partial charge in [0.25, 0.3) is 5.91 Å². The lowest BCUT2D eigenvalue weighted by Crippen LogP contribution is -2.31. The van der Waals surface area contributed by atoms with Crippen molar-refractivity contribution < 1.29 is 24.3 Å². The maximum Gasteiger partial charge on any atom is 0.489 e. The van der Waals surface area contributed by atoms with Crippen molar-refractivity contribution in [1.29, 1.82) is 0 Å². The fourth-order valence-corrected chi connectivity index (χ4v) is 2.65. The van der Waals surface area contributed by atoms with Crippen LogP contribution in [0.3, 0.4) is 0 Å². The van der Waals surface area contributed by atoms with Crippen molar-refractivity contribution in [2.24, 2.45) is 0 Å². The van der Waals surface area contributed by atoms with Gasteiger partial charge in [-0.2, -0.15) is 0 Å². The molecule has 0 heterocycles. The number of amides is 1. The van der Waals surface area contributed by atoms with Crippen LogP contribution in [0.1, 0.15) is 21.5 Å². The number of ether oxygens (including phenoxy) is 2. The maximum absolute atomic E-state index is 12.4. The Morgan fingerprint density at radius 3 is 2.36 bits per heavy atom. The van der Waals surface area contributed by atoms with Crippen LogP contribution < -0.4 is 10.8 Å². The van der Waals surface area contributed by atoms with Crippen molar-refractivity contribution in [3.8, 4) is 0 Å². The van der Waals surface area contributed by atoms with Crippen LogP contribution in [0.2, 0.25) is 5.02 Å². The SMILES string of the molecule is COCc1ccc(NC(=O)c2ccc(B(O)O)c(Cl)c2)cc1COC. The number of benzene rings is 2. The lowest BCUT2D eigenvalue weighted by molar-refractivity contribution is 0.102. The quantitative estimate of drug-likeness (QED) is 0.650. The number of nitrogens with one attached hydrogen (secondary N) is 1. The average Bonchev–Trinajstić information content (AvgIpc) is 2.57. The average molecular weight is 364 g/mol. The molecule has 0 aliphatic heterocycles. The largest absolute Gasteiger partial charge is 0.489 e. The van der Waals surface area contributed by atoms with Crippen LogP contribution in [0.15, 0.2) is 36.4 Å². The van der Waals surface area contributed by atoms with Gasteiger partial charge < -0.3 is 24.8 Å². The van der Waals surface area contributed by atoms with E-state index in [1.165, 1.54) is 18.2 Å². The molecule has 0 aromatic heterocycles. The Morgan fingerprint density at radius 1 is 1.08 bits per heavy atom. The molecule has 2 aromatic carbocycles. The van der Waals surface area contributed by atoms with Crippen LogP contribution in [-0.4, -0.2) is 37.3 Å². The molecule has 0 aliphatic rings. The lowest BCUT2D eigenvalue weighted by atomic mass is 9.80. The van der Waals surface area contributed by atoms with E-state index in [1.54, 1.807) is 20.3 Å². The predicted octanol–water partition coefficient (Wildman–Crippen LogP) is 1.56. The van der Waals surface area contributed by atoms with E-state index in [0.717, 1.165) is 11.1 Å². The Balaban J connectivity index is 2.19. The summed E-state index contributed by atoms with van der Waals surface area (Å²) in [7, 11) is 1.53. The topological polar surface area (TPSA) is 88.0 Å². The van der Waals surface area contributed by atoms with Gasteiger partial charge >= 0.3 is 7.12 Å². The molecule has 2 aromatic rings. The summed E-state index contributed by atoms with van der Waals surface area (Å²) in [6.45, 7) is 0.852. The molecule has 0 radical (unpaired) electrons. The number of halogens is 1. The summed E-state index contributed by atoms with van der Waals surface area (Å²) < 4.78 is 10.3. The van der Waals surface area contributed by atoms with Gasteiger partial charge in [0.05, 0.1) is 13.2 Å². The first kappa shape index (κ1) is 19.4. The summed E-state index contributed by atoms with van der Waals surface area (Å²) in [6, 6.07) is 9.74. The number of carbonyl (C=O) groups is 1. The number of hydrogen-bond acceptors (Lipinski definition) is 5. The Bertz CT molecular complexity index is 754. The van der Waals surface area contributed by atoms with E-state index in [9.17, 15) is 4.79 Å². The Labute approximate surface area is 151 Å². The number of rotatable bonds is 7. The molecule has 0 fully saturated rings. The zero-order valence-corrected chi connectivity index (χ0v) is 14.7. The smallest absolute Gasteiger partial charge is 0.423 e. The summed E-state index contributed by atoms with van der Waals surface area (Å²) in [6.07, 6.45) is 0. The Morgan fingerprint density at radius 2 is 1.76 bits per heavy atom. The van der Waals surface area contributed by atoms with Gasteiger partial charge in [-0.3, -0.25) is 4.79 Å². The summed E-state index contributed by atoms with van der Waals surface area (Å²) >= 11 is 5.96. The van der Waals surface area contributed by atoms with E-state index in [1.807, 2.05) is 12.1 Å². The number of methoxy groups -OCH3 is 2. The minimum atomic E-state index is -1.69. The molecule has 132 valence electrons. The second-order valence-electron chi connectivity index (χ2n) is 5.41. The van der Waals surface area contributed by atoms with Crippen molar-refractivity contribution in [2.45, 2.75) is 13.2 Å². The third kappa shape index (κ3) is 5.04. The van der Waals surface area contributed by atoms with E-state index in [4.69, 9.17) is 31.1 Å². The summed E-state index contributed by atoms with van der Waals surface area (Å²) in [4.78, 5) is 12.4. The van der Waals surface area contributed by atoms with Crippen molar-refractivity contribution in [3.05, 3.63) is 58.1 Å². The second-order valence-corrected chi connectivity index (χ2v) is 5.82. The normalized spacial score (nSPS) is 10.6. The second kappa shape index (κ2) is 8.98. The van der Waals surface area contributed by atoms with E-state index < -0.39 is 7.12 Å². The molecule has 8 heteroatoms. The third-order valence-electron chi connectivity index (χ3n) is 3.60. The van der Waals surface area contributed by atoms with Crippen LogP contribution in [0, 0.1) is 0 Å². The summed E-state index contributed by atoms with van der Waals surface area (Å²) in [5.74, 6) is -0.358. The molecular formula is C17H19BClNO5. The molecule has 0 saturated carbocycles. The fourth-order valence-electron chi connectivity index (χ4n) is 2.37. The fraction of sp³-hybridized carbons (Fsp3) is 0.235.